The van der Waals surface area contributed by atoms with Gasteiger partial charge in [-0.15, -0.1) is 0 Å². The summed E-state index contributed by atoms with van der Waals surface area (Å²) >= 11 is 0. The maximum absolute atomic E-state index is 10.6. The summed E-state index contributed by atoms with van der Waals surface area (Å²) in [5, 5.41) is 10.8. The van der Waals surface area contributed by atoms with Gasteiger partial charge in [-0.1, -0.05) is 34.1 Å². The van der Waals surface area contributed by atoms with Crippen LogP contribution in [0.15, 0.2) is 0 Å². The van der Waals surface area contributed by atoms with Crippen molar-refractivity contribution in [3.63, 3.8) is 0 Å². The predicted molar refractivity (Wildman–Crippen MR) is 82.2 cm³/mol. The number of hydrogen-bond donors (Lipinski definition) is 1. The Morgan fingerprint density at radius 2 is 1.95 bits per heavy atom. The van der Waals surface area contributed by atoms with Gasteiger partial charge in [-0.3, -0.25) is 0 Å². The molecule has 2 saturated carbocycles. The molecule has 0 spiro atoms. The van der Waals surface area contributed by atoms with E-state index in [4.69, 9.17) is 9.16 Å². The van der Waals surface area contributed by atoms with E-state index in [-0.39, 0.29) is 28.8 Å². The molecule has 6 atom stereocenters. The van der Waals surface area contributed by atoms with Crippen LogP contribution in [0.4, 0.5) is 0 Å². The van der Waals surface area contributed by atoms with Crippen molar-refractivity contribution in [3.8, 4) is 0 Å². The number of aliphatic hydroxyl groups is 1. The molecule has 1 N–H and O–H groups in total. The minimum Gasteiger partial charge on any atom is -0.411 e. The first-order chi connectivity index (χ1) is 9.08. The average molecular weight is 298 g/mol. The van der Waals surface area contributed by atoms with Crippen LogP contribution >= 0.6 is 0 Å². The first kappa shape index (κ1) is 15.0. The molecule has 2 aliphatic carbocycles. The minimum absolute atomic E-state index is 0.0212. The molecule has 0 aromatic carbocycles. The summed E-state index contributed by atoms with van der Waals surface area (Å²) < 4.78 is 12.5. The zero-order valence-corrected chi connectivity index (χ0v) is 14.8. The normalized spacial score (nSPS) is 47.9. The van der Waals surface area contributed by atoms with Crippen LogP contribution < -0.4 is 0 Å². The molecule has 1 aliphatic heterocycles. The summed E-state index contributed by atoms with van der Waals surface area (Å²) in [5.41, 5.74) is 0.233. The van der Waals surface area contributed by atoms with Crippen LogP contribution in [0.2, 0.25) is 18.1 Å². The van der Waals surface area contributed by atoms with Crippen molar-refractivity contribution in [2.75, 3.05) is 0 Å². The molecule has 0 aromatic heterocycles. The fraction of sp³-hybridized carbons (Fsp3) is 1.00. The number of rotatable bonds is 2. The molecular weight excluding hydrogens is 268 g/mol. The largest absolute Gasteiger partial charge is 0.411 e. The summed E-state index contributed by atoms with van der Waals surface area (Å²) in [4.78, 5) is 0. The monoisotopic (exact) mass is 298 g/mol. The lowest BCUT2D eigenvalue weighted by atomic mass is 9.67. The van der Waals surface area contributed by atoms with E-state index in [0.29, 0.717) is 5.92 Å². The number of ether oxygens (including phenoxy) is 1. The zero-order valence-electron chi connectivity index (χ0n) is 13.8. The van der Waals surface area contributed by atoms with Crippen LogP contribution in [-0.4, -0.2) is 37.8 Å². The van der Waals surface area contributed by atoms with Crippen LogP contribution in [0.3, 0.4) is 0 Å². The van der Waals surface area contributed by atoms with E-state index in [1.54, 1.807) is 0 Å². The highest BCUT2D eigenvalue weighted by Crippen LogP contribution is 2.60. The van der Waals surface area contributed by atoms with Crippen molar-refractivity contribution in [2.24, 2.45) is 11.3 Å². The summed E-state index contributed by atoms with van der Waals surface area (Å²) in [6.45, 7) is 13.7. The van der Waals surface area contributed by atoms with Crippen LogP contribution in [0.25, 0.3) is 0 Å². The van der Waals surface area contributed by atoms with E-state index in [9.17, 15) is 5.11 Å². The topological polar surface area (TPSA) is 42.0 Å². The Morgan fingerprint density at radius 3 is 2.55 bits per heavy atom. The highest BCUT2D eigenvalue weighted by atomic mass is 28.4. The second-order valence-electron chi connectivity index (χ2n) is 8.86. The van der Waals surface area contributed by atoms with Crippen molar-refractivity contribution >= 4 is 8.32 Å². The predicted octanol–water partition coefficient (Wildman–Crippen LogP) is 3.33. The van der Waals surface area contributed by atoms with Crippen LogP contribution in [0, 0.1) is 11.3 Å². The van der Waals surface area contributed by atoms with Crippen molar-refractivity contribution in [3.05, 3.63) is 0 Å². The number of fused-ring (bicyclic) bond motifs is 3. The highest BCUT2D eigenvalue weighted by molar-refractivity contribution is 6.74. The van der Waals surface area contributed by atoms with Gasteiger partial charge in [0.1, 0.15) is 12.2 Å². The summed E-state index contributed by atoms with van der Waals surface area (Å²) in [6, 6.07) is 0. The van der Waals surface area contributed by atoms with Gasteiger partial charge in [0.15, 0.2) is 8.32 Å². The molecule has 0 amide bonds. The van der Waals surface area contributed by atoms with Gasteiger partial charge in [-0.25, -0.2) is 0 Å². The minimum atomic E-state index is -1.85. The molecule has 0 unspecified atom stereocenters. The lowest BCUT2D eigenvalue weighted by molar-refractivity contribution is -0.0609. The Labute approximate surface area is 124 Å². The van der Waals surface area contributed by atoms with E-state index in [1.165, 1.54) is 19.3 Å². The Bertz CT molecular complexity index is 403. The van der Waals surface area contributed by atoms with Gasteiger partial charge in [0.25, 0.3) is 0 Å². The second kappa shape index (κ2) is 4.31. The quantitative estimate of drug-likeness (QED) is 0.628. The molecule has 0 aromatic rings. The van der Waals surface area contributed by atoms with Crippen LogP contribution in [0.1, 0.15) is 47.0 Å². The molecule has 0 bridgehead atoms. The van der Waals surface area contributed by atoms with Gasteiger partial charge in [0.05, 0.1) is 12.2 Å². The third kappa shape index (κ3) is 2.03. The van der Waals surface area contributed by atoms with Gasteiger partial charge in [0.2, 0.25) is 0 Å². The fourth-order valence-corrected chi connectivity index (χ4v) is 5.46. The third-order valence-corrected chi connectivity index (χ3v) is 11.0. The van der Waals surface area contributed by atoms with Gasteiger partial charge < -0.3 is 14.3 Å². The van der Waals surface area contributed by atoms with E-state index < -0.39 is 14.4 Å². The number of hydrogen-bond acceptors (Lipinski definition) is 3. The zero-order chi connectivity index (χ0) is 14.9. The van der Waals surface area contributed by atoms with Crippen molar-refractivity contribution < 1.29 is 14.3 Å². The standard InChI is InChI=1S/C16H30O3Si/c1-15(2,3)20(5,6)19-12-10-8-7-9-16(10,4)14-13(18-14)11(12)17/h10-14,17H,7-9H2,1-6H3/t10-,11-,12+,13-,14-,16+/m0/s1. The third-order valence-electron chi connectivity index (χ3n) is 6.56. The van der Waals surface area contributed by atoms with E-state index >= 15 is 0 Å². The highest BCUT2D eigenvalue weighted by Gasteiger charge is 2.68. The van der Waals surface area contributed by atoms with E-state index in [0.717, 1.165) is 0 Å². The van der Waals surface area contributed by atoms with E-state index in [2.05, 4.69) is 40.8 Å². The summed E-state index contributed by atoms with van der Waals surface area (Å²) in [6.07, 6.45) is 3.52. The first-order valence-corrected chi connectivity index (χ1v) is 11.0. The fourth-order valence-electron chi connectivity index (χ4n) is 4.12. The lowest BCUT2D eigenvalue weighted by Crippen LogP contribution is -2.56. The van der Waals surface area contributed by atoms with Crippen molar-refractivity contribution in [1.82, 2.24) is 0 Å². The van der Waals surface area contributed by atoms with E-state index in [1.807, 2.05) is 0 Å². The molecule has 1 heterocycles. The molecule has 3 nitrogen and oxygen atoms in total. The molecule has 4 heteroatoms. The van der Waals surface area contributed by atoms with Gasteiger partial charge in [0, 0.05) is 5.41 Å². The molecule has 0 radical (unpaired) electrons. The SMILES string of the molecule is CC(C)(C)[Si](C)(C)O[C@H]1[C@H](O)[C@@H]2O[C@@H]2[C@]2(C)CCC[C@@H]12. The van der Waals surface area contributed by atoms with Crippen LogP contribution in [0.5, 0.6) is 0 Å². The Kier molecular flexibility index (Phi) is 3.23. The molecule has 116 valence electrons. The number of aliphatic hydroxyl groups excluding tert-OH is 1. The smallest absolute Gasteiger partial charge is 0.192 e. The van der Waals surface area contributed by atoms with Crippen LogP contribution in [-0.2, 0) is 9.16 Å². The summed E-state index contributed by atoms with van der Waals surface area (Å²) in [5.74, 6) is 0.468. The maximum atomic E-state index is 10.6. The maximum Gasteiger partial charge on any atom is 0.192 e. The molecule has 3 rings (SSSR count). The molecular formula is C16H30O3Si. The second-order valence-corrected chi connectivity index (χ2v) is 13.6. The van der Waals surface area contributed by atoms with Gasteiger partial charge >= 0.3 is 0 Å². The van der Waals surface area contributed by atoms with Crippen molar-refractivity contribution in [2.45, 2.75) is 89.5 Å². The lowest BCUT2D eigenvalue weighted by Gasteiger charge is -2.47. The Morgan fingerprint density at radius 1 is 1.30 bits per heavy atom. The molecule has 20 heavy (non-hydrogen) atoms. The Hall–Kier alpha value is 0.0969. The number of epoxide rings is 1. The molecule has 3 aliphatic rings. The Balaban J connectivity index is 1.85. The average Bonchev–Trinajstić information content (AvgIpc) is 3.02. The van der Waals surface area contributed by atoms with Gasteiger partial charge in [-0.2, -0.15) is 0 Å². The van der Waals surface area contributed by atoms with Gasteiger partial charge in [-0.05, 0) is 36.9 Å². The van der Waals surface area contributed by atoms with Crippen molar-refractivity contribution in [1.29, 1.82) is 0 Å². The first-order valence-electron chi connectivity index (χ1n) is 8.09. The summed E-state index contributed by atoms with van der Waals surface area (Å²) in [7, 11) is -1.85. The molecule has 1 saturated heterocycles. The molecule has 3 fully saturated rings.